The van der Waals surface area contributed by atoms with Crippen molar-refractivity contribution < 1.29 is 23.8 Å². The molecule has 176 valence electrons. The lowest BCUT2D eigenvalue weighted by Gasteiger charge is -2.19. The van der Waals surface area contributed by atoms with Crippen molar-refractivity contribution in [3.05, 3.63) is 33.9 Å². The van der Waals surface area contributed by atoms with Gasteiger partial charge in [-0.15, -0.1) is 0 Å². The number of cyclic esters (lactones) is 1. The second-order valence-electron chi connectivity index (χ2n) is 8.22. The van der Waals surface area contributed by atoms with Crippen LogP contribution in [0, 0.1) is 6.92 Å². The summed E-state index contributed by atoms with van der Waals surface area (Å²) in [5.41, 5.74) is 5.25. The number of hydrogen-bond acceptors (Lipinski definition) is 8. The lowest BCUT2D eigenvalue weighted by molar-refractivity contribution is -0.143. The van der Waals surface area contributed by atoms with Gasteiger partial charge in [0.05, 0.1) is 18.4 Å². The first-order valence-corrected chi connectivity index (χ1v) is 11.3. The number of hydrogen-bond donors (Lipinski definition) is 2. The fourth-order valence-electron chi connectivity index (χ4n) is 4.21. The van der Waals surface area contributed by atoms with Gasteiger partial charge < -0.3 is 24.8 Å². The SMILES string of the molecule is CCNc1c(C/C=C(\C)CCC(=O)OCCN2CCNC2)c(OC)c(C)c2c1C(=O)OC2. The summed E-state index contributed by atoms with van der Waals surface area (Å²) in [5, 5.41) is 6.59. The molecule has 2 heterocycles. The summed E-state index contributed by atoms with van der Waals surface area (Å²) >= 11 is 0. The number of benzene rings is 1. The minimum Gasteiger partial charge on any atom is -0.496 e. The average molecular weight is 446 g/mol. The Morgan fingerprint density at radius 2 is 2.16 bits per heavy atom. The van der Waals surface area contributed by atoms with Crippen molar-refractivity contribution in [3.8, 4) is 5.75 Å². The number of anilines is 1. The highest BCUT2D eigenvalue weighted by molar-refractivity contribution is 6.01. The van der Waals surface area contributed by atoms with Crippen molar-refractivity contribution in [2.45, 2.75) is 46.6 Å². The number of allylic oxidation sites excluding steroid dienone is 2. The summed E-state index contributed by atoms with van der Waals surface area (Å²) in [6.07, 6.45) is 3.67. The first-order chi connectivity index (χ1) is 15.5. The van der Waals surface area contributed by atoms with E-state index in [0.29, 0.717) is 38.0 Å². The molecule has 2 aliphatic heterocycles. The van der Waals surface area contributed by atoms with Crippen LogP contribution in [0.5, 0.6) is 5.75 Å². The van der Waals surface area contributed by atoms with Gasteiger partial charge in [0.1, 0.15) is 19.0 Å². The summed E-state index contributed by atoms with van der Waals surface area (Å²) in [4.78, 5) is 26.7. The van der Waals surface area contributed by atoms with Crippen LogP contribution in [0.15, 0.2) is 11.6 Å². The fourth-order valence-corrected chi connectivity index (χ4v) is 4.21. The van der Waals surface area contributed by atoms with Crippen LogP contribution >= 0.6 is 0 Å². The van der Waals surface area contributed by atoms with E-state index >= 15 is 0 Å². The van der Waals surface area contributed by atoms with Crippen LogP contribution in [0.3, 0.4) is 0 Å². The molecule has 1 saturated heterocycles. The van der Waals surface area contributed by atoms with Gasteiger partial charge in [-0.05, 0) is 39.2 Å². The Hall–Kier alpha value is -2.58. The number of nitrogens with zero attached hydrogens (tertiary/aromatic N) is 1. The predicted octanol–water partition coefficient (Wildman–Crippen LogP) is 2.78. The van der Waals surface area contributed by atoms with E-state index < -0.39 is 0 Å². The number of fused-ring (bicyclic) bond motifs is 1. The number of esters is 2. The third-order valence-corrected chi connectivity index (χ3v) is 6.02. The van der Waals surface area contributed by atoms with Gasteiger partial charge in [-0.2, -0.15) is 0 Å². The van der Waals surface area contributed by atoms with Crippen LogP contribution in [-0.2, 0) is 27.3 Å². The summed E-state index contributed by atoms with van der Waals surface area (Å²) < 4.78 is 16.4. The lowest BCUT2D eigenvalue weighted by Crippen LogP contribution is -2.27. The molecule has 32 heavy (non-hydrogen) atoms. The van der Waals surface area contributed by atoms with E-state index in [4.69, 9.17) is 14.2 Å². The van der Waals surface area contributed by atoms with Crippen molar-refractivity contribution in [2.75, 3.05) is 51.9 Å². The van der Waals surface area contributed by atoms with Crippen LogP contribution in [0.2, 0.25) is 0 Å². The third kappa shape index (κ3) is 5.61. The van der Waals surface area contributed by atoms with Crippen LogP contribution in [-0.4, -0.2) is 63.4 Å². The lowest BCUT2D eigenvalue weighted by atomic mass is 9.93. The Kier molecular flexibility index (Phi) is 8.53. The predicted molar refractivity (Wildman–Crippen MR) is 123 cm³/mol. The molecule has 0 spiro atoms. The van der Waals surface area contributed by atoms with E-state index in [1.54, 1.807) is 7.11 Å². The number of methoxy groups -OCH3 is 1. The number of ether oxygens (including phenoxy) is 3. The van der Waals surface area contributed by atoms with E-state index in [1.807, 2.05) is 20.8 Å². The second-order valence-corrected chi connectivity index (χ2v) is 8.22. The third-order valence-electron chi connectivity index (χ3n) is 6.02. The van der Waals surface area contributed by atoms with Crippen molar-refractivity contribution in [2.24, 2.45) is 0 Å². The molecular formula is C24H35N3O5. The summed E-state index contributed by atoms with van der Waals surface area (Å²) in [6.45, 7) is 11.0. The van der Waals surface area contributed by atoms with E-state index in [1.165, 1.54) is 0 Å². The summed E-state index contributed by atoms with van der Waals surface area (Å²) in [7, 11) is 1.65. The minimum absolute atomic E-state index is 0.174. The van der Waals surface area contributed by atoms with E-state index in [2.05, 4.69) is 21.6 Å². The van der Waals surface area contributed by atoms with Crippen molar-refractivity contribution in [3.63, 3.8) is 0 Å². The highest BCUT2D eigenvalue weighted by atomic mass is 16.5. The summed E-state index contributed by atoms with van der Waals surface area (Å²) in [6, 6.07) is 0. The molecule has 1 aromatic rings. The Morgan fingerprint density at radius 1 is 1.34 bits per heavy atom. The molecule has 2 N–H and O–H groups in total. The van der Waals surface area contributed by atoms with E-state index in [0.717, 1.165) is 60.0 Å². The highest BCUT2D eigenvalue weighted by Crippen LogP contribution is 2.41. The van der Waals surface area contributed by atoms with Crippen LogP contribution in [0.25, 0.3) is 0 Å². The monoisotopic (exact) mass is 445 g/mol. The highest BCUT2D eigenvalue weighted by Gasteiger charge is 2.31. The molecule has 0 amide bonds. The zero-order valence-electron chi connectivity index (χ0n) is 19.6. The standard InChI is InChI=1S/C24H35N3O5/c1-5-26-22-18(23(30-4)17(3)19-14-32-24(29)21(19)22)8-6-16(2)7-9-20(28)31-13-12-27-11-10-25-15-27/h6,25-26H,5,7-15H2,1-4H3/b16-6+. The first-order valence-electron chi connectivity index (χ1n) is 11.3. The van der Waals surface area contributed by atoms with Crippen molar-refractivity contribution in [1.82, 2.24) is 10.2 Å². The second kappa shape index (κ2) is 11.3. The van der Waals surface area contributed by atoms with Crippen LogP contribution in [0.1, 0.15) is 53.7 Å². The van der Waals surface area contributed by atoms with Crippen molar-refractivity contribution in [1.29, 1.82) is 0 Å². The molecule has 8 heteroatoms. The Bertz CT molecular complexity index is 875. The number of nitrogens with one attached hydrogen (secondary N) is 2. The van der Waals surface area contributed by atoms with Gasteiger partial charge in [-0.1, -0.05) is 11.6 Å². The van der Waals surface area contributed by atoms with Gasteiger partial charge in [0.2, 0.25) is 0 Å². The van der Waals surface area contributed by atoms with Gasteiger partial charge in [-0.25, -0.2) is 4.79 Å². The molecule has 0 atom stereocenters. The van der Waals surface area contributed by atoms with E-state index in [9.17, 15) is 9.59 Å². The quantitative estimate of drug-likeness (QED) is 0.397. The Labute approximate surface area is 190 Å². The molecule has 2 aliphatic rings. The number of carbonyl (C=O) groups is 2. The molecule has 0 unspecified atom stereocenters. The molecule has 3 rings (SSSR count). The van der Waals surface area contributed by atoms with Gasteiger partial charge in [0.15, 0.2) is 0 Å². The number of rotatable bonds is 11. The Morgan fingerprint density at radius 3 is 2.84 bits per heavy atom. The molecule has 0 radical (unpaired) electrons. The molecule has 1 fully saturated rings. The van der Waals surface area contributed by atoms with Gasteiger partial charge in [0, 0.05) is 50.4 Å². The zero-order chi connectivity index (χ0) is 23.1. The minimum atomic E-state index is -0.295. The summed E-state index contributed by atoms with van der Waals surface area (Å²) in [5.74, 6) is 0.306. The van der Waals surface area contributed by atoms with Gasteiger partial charge in [-0.3, -0.25) is 9.69 Å². The largest absolute Gasteiger partial charge is 0.496 e. The maximum Gasteiger partial charge on any atom is 0.341 e. The first kappa shape index (κ1) is 24.1. The maximum atomic E-state index is 12.4. The smallest absolute Gasteiger partial charge is 0.341 e. The van der Waals surface area contributed by atoms with Crippen LogP contribution < -0.4 is 15.4 Å². The topological polar surface area (TPSA) is 89.1 Å². The fraction of sp³-hybridized carbons (Fsp3) is 0.583. The maximum absolute atomic E-state index is 12.4. The molecule has 1 aromatic carbocycles. The van der Waals surface area contributed by atoms with E-state index in [-0.39, 0.29) is 18.5 Å². The molecule has 8 nitrogen and oxygen atoms in total. The molecule has 0 aliphatic carbocycles. The molecule has 0 bridgehead atoms. The number of carbonyl (C=O) groups excluding carboxylic acids is 2. The average Bonchev–Trinajstić information content (AvgIpc) is 3.43. The molecular weight excluding hydrogens is 410 g/mol. The molecule has 0 aromatic heterocycles. The van der Waals surface area contributed by atoms with Crippen molar-refractivity contribution >= 4 is 17.6 Å². The van der Waals surface area contributed by atoms with Crippen LogP contribution in [0.4, 0.5) is 5.69 Å². The zero-order valence-corrected chi connectivity index (χ0v) is 19.6. The van der Waals surface area contributed by atoms with Gasteiger partial charge in [0.25, 0.3) is 0 Å². The Balaban J connectivity index is 1.63. The molecule has 0 saturated carbocycles. The van der Waals surface area contributed by atoms with Gasteiger partial charge >= 0.3 is 11.9 Å². The normalized spacial score (nSPS) is 16.1.